The summed E-state index contributed by atoms with van der Waals surface area (Å²) in [4.78, 5) is 11.9. The van der Waals surface area contributed by atoms with Crippen LogP contribution in [0.15, 0.2) is 12.1 Å². The molecule has 0 spiro atoms. The Morgan fingerprint density at radius 1 is 1.10 bits per heavy atom. The van der Waals surface area contributed by atoms with E-state index in [1.54, 1.807) is 6.07 Å². The van der Waals surface area contributed by atoms with E-state index in [4.69, 9.17) is 0 Å². The van der Waals surface area contributed by atoms with Gasteiger partial charge in [0.15, 0.2) is 5.82 Å². The second-order valence-corrected chi connectivity index (χ2v) is 6.61. The summed E-state index contributed by atoms with van der Waals surface area (Å²) < 4.78 is 0. The van der Waals surface area contributed by atoms with Crippen LogP contribution in [0.25, 0.3) is 0 Å². The average molecular weight is 291 g/mol. The van der Waals surface area contributed by atoms with E-state index in [9.17, 15) is 4.79 Å². The van der Waals surface area contributed by atoms with Crippen molar-refractivity contribution >= 4 is 17.7 Å². The van der Waals surface area contributed by atoms with E-state index in [2.05, 4.69) is 46.9 Å². The quantitative estimate of drug-likeness (QED) is 0.799. The third-order valence-corrected chi connectivity index (χ3v) is 3.35. The van der Waals surface area contributed by atoms with Gasteiger partial charge in [0.05, 0.1) is 0 Å². The highest BCUT2D eigenvalue weighted by molar-refractivity contribution is 5.88. The number of anilines is 2. The molecule has 21 heavy (non-hydrogen) atoms. The highest BCUT2D eigenvalue weighted by Gasteiger charge is 2.16. The molecule has 0 aliphatic heterocycles. The van der Waals surface area contributed by atoms with Gasteiger partial charge in [-0.1, -0.05) is 19.3 Å². The van der Waals surface area contributed by atoms with Crippen LogP contribution in [0.1, 0.15) is 52.9 Å². The van der Waals surface area contributed by atoms with Gasteiger partial charge in [-0.25, -0.2) is 4.79 Å². The van der Waals surface area contributed by atoms with Crippen LogP contribution in [0.4, 0.5) is 16.4 Å². The fourth-order valence-electron chi connectivity index (χ4n) is 2.43. The van der Waals surface area contributed by atoms with Crippen LogP contribution in [-0.4, -0.2) is 27.8 Å². The lowest BCUT2D eigenvalue weighted by Crippen LogP contribution is -2.39. The molecule has 1 aliphatic carbocycles. The summed E-state index contributed by atoms with van der Waals surface area (Å²) in [6.45, 7) is 6.16. The SMILES string of the molecule is CC(C)(C)Nc1ccc(NC(=O)NC2CCCCC2)nn1. The third-order valence-electron chi connectivity index (χ3n) is 3.35. The zero-order chi connectivity index (χ0) is 15.3. The maximum atomic E-state index is 11.9. The lowest BCUT2D eigenvalue weighted by Gasteiger charge is -2.23. The zero-order valence-electron chi connectivity index (χ0n) is 13.1. The Labute approximate surface area is 126 Å². The molecular weight excluding hydrogens is 266 g/mol. The summed E-state index contributed by atoms with van der Waals surface area (Å²) in [6, 6.07) is 3.65. The Balaban J connectivity index is 1.83. The topological polar surface area (TPSA) is 78.9 Å². The van der Waals surface area contributed by atoms with E-state index in [0.29, 0.717) is 11.6 Å². The fraction of sp³-hybridized carbons (Fsp3) is 0.667. The van der Waals surface area contributed by atoms with Crippen LogP contribution in [0.3, 0.4) is 0 Å². The molecule has 1 aromatic rings. The molecule has 0 radical (unpaired) electrons. The first kappa shape index (κ1) is 15.5. The minimum atomic E-state index is -0.201. The van der Waals surface area contributed by atoms with E-state index in [-0.39, 0.29) is 17.6 Å². The minimum Gasteiger partial charge on any atom is -0.364 e. The fourth-order valence-corrected chi connectivity index (χ4v) is 2.43. The first-order valence-electron chi connectivity index (χ1n) is 7.62. The minimum absolute atomic E-state index is 0.0675. The van der Waals surface area contributed by atoms with E-state index in [1.165, 1.54) is 19.3 Å². The number of hydrogen-bond acceptors (Lipinski definition) is 4. The van der Waals surface area contributed by atoms with Gasteiger partial charge in [-0.2, -0.15) is 0 Å². The molecule has 1 saturated carbocycles. The number of nitrogens with zero attached hydrogens (tertiary/aromatic N) is 2. The molecular formula is C15H25N5O. The molecule has 1 aromatic heterocycles. The highest BCUT2D eigenvalue weighted by atomic mass is 16.2. The van der Waals surface area contributed by atoms with Gasteiger partial charge in [-0.15, -0.1) is 10.2 Å². The maximum Gasteiger partial charge on any atom is 0.320 e. The van der Waals surface area contributed by atoms with Crippen molar-refractivity contribution in [3.63, 3.8) is 0 Å². The van der Waals surface area contributed by atoms with Gasteiger partial charge >= 0.3 is 6.03 Å². The van der Waals surface area contributed by atoms with Crippen molar-refractivity contribution in [1.29, 1.82) is 0 Å². The summed E-state index contributed by atoms with van der Waals surface area (Å²) in [5.41, 5.74) is -0.0675. The average Bonchev–Trinajstić information content (AvgIpc) is 2.40. The Hall–Kier alpha value is -1.85. The summed E-state index contributed by atoms with van der Waals surface area (Å²) in [6.07, 6.45) is 5.78. The molecule has 3 N–H and O–H groups in total. The first-order valence-corrected chi connectivity index (χ1v) is 7.62. The lowest BCUT2D eigenvalue weighted by molar-refractivity contribution is 0.244. The molecule has 2 amide bonds. The molecule has 116 valence electrons. The van der Waals surface area contributed by atoms with Gasteiger partial charge < -0.3 is 10.6 Å². The molecule has 2 rings (SSSR count). The summed E-state index contributed by atoms with van der Waals surface area (Å²) in [5, 5.41) is 17.0. The van der Waals surface area contributed by atoms with Crippen LogP contribution < -0.4 is 16.0 Å². The molecule has 6 heteroatoms. The Bertz CT molecular complexity index is 460. The number of rotatable bonds is 3. The molecule has 0 bridgehead atoms. The third kappa shape index (κ3) is 5.57. The van der Waals surface area contributed by atoms with Crippen molar-refractivity contribution < 1.29 is 4.79 Å². The number of carbonyl (C=O) groups is 1. The van der Waals surface area contributed by atoms with Crippen molar-refractivity contribution in [2.45, 2.75) is 64.5 Å². The highest BCUT2D eigenvalue weighted by Crippen LogP contribution is 2.17. The van der Waals surface area contributed by atoms with Gasteiger partial charge in [0, 0.05) is 11.6 Å². The normalized spacial score (nSPS) is 16.3. The molecule has 1 aliphatic rings. The van der Waals surface area contributed by atoms with E-state index >= 15 is 0 Å². The summed E-state index contributed by atoms with van der Waals surface area (Å²) in [5.74, 6) is 1.16. The van der Waals surface area contributed by atoms with Crippen molar-refractivity contribution in [3.05, 3.63) is 12.1 Å². The van der Waals surface area contributed by atoms with Crippen molar-refractivity contribution in [2.24, 2.45) is 0 Å². The number of nitrogens with one attached hydrogen (secondary N) is 3. The van der Waals surface area contributed by atoms with Crippen LogP contribution in [0.2, 0.25) is 0 Å². The smallest absolute Gasteiger partial charge is 0.320 e. The predicted molar refractivity (Wildman–Crippen MR) is 84.4 cm³/mol. The monoisotopic (exact) mass is 291 g/mol. The van der Waals surface area contributed by atoms with E-state index < -0.39 is 0 Å². The zero-order valence-corrected chi connectivity index (χ0v) is 13.1. The van der Waals surface area contributed by atoms with Crippen LogP contribution in [-0.2, 0) is 0 Å². The Morgan fingerprint density at radius 2 is 1.71 bits per heavy atom. The maximum absolute atomic E-state index is 11.9. The number of hydrogen-bond donors (Lipinski definition) is 3. The van der Waals surface area contributed by atoms with E-state index in [1.807, 2.05) is 6.07 Å². The predicted octanol–water partition coefficient (Wildman–Crippen LogP) is 3.14. The Kier molecular flexibility index (Phi) is 4.98. The van der Waals surface area contributed by atoms with Crippen molar-refractivity contribution in [3.8, 4) is 0 Å². The molecule has 0 unspecified atom stereocenters. The van der Waals surface area contributed by atoms with Gasteiger partial charge in [0.25, 0.3) is 0 Å². The molecule has 0 atom stereocenters. The van der Waals surface area contributed by atoms with Crippen LogP contribution >= 0.6 is 0 Å². The number of urea groups is 1. The number of carbonyl (C=O) groups excluding carboxylic acids is 1. The standard InChI is InChI=1S/C15H25N5O/c1-15(2,3)18-13-10-9-12(19-20-13)17-14(21)16-11-7-5-4-6-8-11/h9-11H,4-8H2,1-3H3,(H,18,20)(H2,16,17,19,21). The van der Waals surface area contributed by atoms with Gasteiger partial charge in [-0.05, 0) is 45.7 Å². The molecule has 0 aromatic carbocycles. The van der Waals surface area contributed by atoms with Crippen molar-refractivity contribution in [2.75, 3.05) is 10.6 Å². The second-order valence-electron chi connectivity index (χ2n) is 6.61. The van der Waals surface area contributed by atoms with Gasteiger partial charge in [-0.3, -0.25) is 5.32 Å². The van der Waals surface area contributed by atoms with Gasteiger partial charge in [0.1, 0.15) is 5.82 Å². The Morgan fingerprint density at radius 3 is 2.29 bits per heavy atom. The van der Waals surface area contributed by atoms with Crippen molar-refractivity contribution in [1.82, 2.24) is 15.5 Å². The number of aromatic nitrogens is 2. The van der Waals surface area contributed by atoms with Crippen LogP contribution in [0, 0.1) is 0 Å². The largest absolute Gasteiger partial charge is 0.364 e. The summed E-state index contributed by atoms with van der Waals surface area (Å²) in [7, 11) is 0. The lowest BCUT2D eigenvalue weighted by atomic mass is 9.96. The van der Waals surface area contributed by atoms with E-state index in [0.717, 1.165) is 12.8 Å². The molecule has 1 fully saturated rings. The van der Waals surface area contributed by atoms with Gasteiger partial charge in [0.2, 0.25) is 0 Å². The molecule has 0 saturated heterocycles. The molecule has 1 heterocycles. The summed E-state index contributed by atoms with van der Waals surface area (Å²) >= 11 is 0. The first-order chi connectivity index (χ1) is 9.92. The second kappa shape index (κ2) is 6.74. The van der Waals surface area contributed by atoms with Crippen LogP contribution in [0.5, 0.6) is 0 Å². The number of amides is 2. The molecule has 6 nitrogen and oxygen atoms in total.